The van der Waals surface area contributed by atoms with Gasteiger partial charge in [0.05, 0.1) is 5.52 Å². The molecule has 0 fully saturated rings. The van der Waals surface area contributed by atoms with Crippen LogP contribution in [-0.2, 0) is 6.18 Å². The Kier molecular flexibility index (Phi) is 1.77. The zero-order valence-corrected chi connectivity index (χ0v) is 7.34. The van der Waals surface area contributed by atoms with E-state index < -0.39 is 11.9 Å². The van der Waals surface area contributed by atoms with E-state index in [4.69, 9.17) is 0 Å². The maximum atomic E-state index is 12.4. The molecule has 74 valence electrons. The van der Waals surface area contributed by atoms with Gasteiger partial charge >= 0.3 is 6.18 Å². The Morgan fingerprint density at radius 3 is 2.57 bits per heavy atom. The van der Waals surface area contributed by atoms with Crippen molar-refractivity contribution in [3.8, 4) is 0 Å². The van der Waals surface area contributed by atoms with E-state index in [9.17, 15) is 13.2 Å². The third kappa shape index (κ3) is 1.25. The third-order valence-electron chi connectivity index (χ3n) is 2.05. The molecule has 0 radical (unpaired) electrons. The lowest BCUT2D eigenvalue weighted by molar-refractivity contribution is -0.141. The largest absolute Gasteiger partial charge is 0.435 e. The quantitative estimate of drug-likeness (QED) is 0.639. The van der Waals surface area contributed by atoms with Crippen LogP contribution in [0.15, 0.2) is 24.4 Å². The van der Waals surface area contributed by atoms with Gasteiger partial charge in [0.15, 0.2) is 5.69 Å². The van der Waals surface area contributed by atoms with Crippen LogP contribution >= 0.6 is 0 Å². The molecule has 2 aromatic rings. The third-order valence-corrected chi connectivity index (χ3v) is 2.05. The van der Waals surface area contributed by atoms with Crippen molar-refractivity contribution in [1.82, 2.24) is 9.61 Å². The molecule has 2 nitrogen and oxygen atoms in total. The lowest BCUT2D eigenvalue weighted by atomic mass is 10.2. The topological polar surface area (TPSA) is 17.3 Å². The summed E-state index contributed by atoms with van der Waals surface area (Å²) in [6.45, 7) is 1.42. The molecule has 0 aliphatic heterocycles. The van der Waals surface area contributed by atoms with E-state index in [0.29, 0.717) is 5.52 Å². The number of rotatable bonds is 0. The second-order valence-electron chi connectivity index (χ2n) is 3.00. The molecule has 2 aromatic heterocycles. The summed E-state index contributed by atoms with van der Waals surface area (Å²) in [7, 11) is 0. The summed E-state index contributed by atoms with van der Waals surface area (Å²) in [6, 6.07) is 4.93. The smallest absolute Gasteiger partial charge is 0.240 e. The molecule has 0 unspecified atom stereocenters. The molecule has 0 N–H and O–H groups in total. The number of aromatic nitrogens is 2. The van der Waals surface area contributed by atoms with Crippen molar-refractivity contribution >= 4 is 5.52 Å². The number of fused-ring (bicyclic) bond motifs is 1. The van der Waals surface area contributed by atoms with Gasteiger partial charge in [-0.2, -0.15) is 18.3 Å². The first kappa shape index (κ1) is 9.05. The average molecular weight is 200 g/mol. The summed E-state index contributed by atoms with van der Waals surface area (Å²) in [4.78, 5) is 0. The van der Waals surface area contributed by atoms with E-state index in [1.54, 1.807) is 18.2 Å². The minimum Gasteiger partial charge on any atom is -0.240 e. The van der Waals surface area contributed by atoms with Crippen molar-refractivity contribution in [1.29, 1.82) is 0 Å². The van der Waals surface area contributed by atoms with Crippen LogP contribution in [0.2, 0.25) is 0 Å². The van der Waals surface area contributed by atoms with Crippen LogP contribution in [0.3, 0.4) is 0 Å². The molecule has 0 aliphatic carbocycles. The maximum absolute atomic E-state index is 12.4. The summed E-state index contributed by atoms with van der Waals surface area (Å²) >= 11 is 0. The van der Waals surface area contributed by atoms with Gasteiger partial charge < -0.3 is 0 Å². The molecule has 0 bridgehead atoms. The van der Waals surface area contributed by atoms with Crippen LogP contribution in [0.4, 0.5) is 13.2 Å². The molecule has 5 heteroatoms. The molecule has 0 saturated carbocycles. The van der Waals surface area contributed by atoms with Gasteiger partial charge in [0.2, 0.25) is 0 Å². The van der Waals surface area contributed by atoms with Crippen LogP contribution in [0.1, 0.15) is 11.3 Å². The predicted octanol–water partition coefficient (Wildman–Crippen LogP) is 2.66. The zero-order chi connectivity index (χ0) is 10.3. The molecule has 0 spiro atoms. The fourth-order valence-corrected chi connectivity index (χ4v) is 1.39. The second-order valence-corrected chi connectivity index (χ2v) is 3.00. The van der Waals surface area contributed by atoms with Crippen LogP contribution in [0.5, 0.6) is 0 Å². The van der Waals surface area contributed by atoms with Crippen LogP contribution in [-0.4, -0.2) is 9.61 Å². The van der Waals surface area contributed by atoms with Crippen LogP contribution in [0, 0.1) is 6.92 Å². The first-order valence-electron chi connectivity index (χ1n) is 4.01. The van der Waals surface area contributed by atoms with Crippen molar-refractivity contribution in [2.24, 2.45) is 0 Å². The molecule has 2 heterocycles. The highest BCUT2D eigenvalue weighted by Gasteiger charge is 2.36. The number of pyridine rings is 1. The molecule has 0 aliphatic rings. The van der Waals surface area contributed by atoms with Gasteiger partial charge in [-0.05, 0) is 19.1 Å². The standard InChI is InChI=1S/C9H7F3N2/c1-6-7-4-2-3-5-14(7)13-8(6)9(10,11)12/h2-5H,1H3. The summed E-state index contributed by atoms with van der Waals surface area (Å²) in [6.07, 6.45) is -2.88. The maximum Gasteiger partial charge on any atom is 0.435 e. The minimum absolute atomic E-state index is 0.165. The van der Waals surface area contributed by atoms with Crippen LogP contribution in [0.25, 0.3) is 5.52 Å². The fourth-order valence-electron chi connectivity index (χ4n) is 1.39. The molecule has 2 rings (SSSR count). The normalized spacial score (nSPS) is 12.3. The van der Waals surface area contributed by atoms with Gasteiger partial charge in [0.25, 0.3) is 0 Å². The number of hydrogen-bond donors (Lipinski definition) is 0. The van der Waals surface area contributed by atoms with Gasteiger partial charge in [0, 0.05) is 11.8 Å². The lowest BCUT2D eigenvalue weighted by Crippen LogP contribution is -2.07. The Morgan fingerprint density at radius 2 is 2.00 bits per heavy atom. The van der Waals surface area contributed by atoms with Gasteiger partial charge in [-0.3, -0.25) is 0 Å². The molecular weight excluding hydrogens is 193 g/mol. The number of alkyl halides is 3. The number of hydrogen-bond acceptors (Lipinski definition) is 1. The first-order valence-corrected chi connectivity index (χ1v) is 4.01. The highest BCUT2D eigenvalue weighted by Crippen LogP contribution is 2.31. The van der Waals surface area contributed by atoms with E-state index in [2.05, 4.69) is 5.10 Å². The molecule has 0 aromatic carbocycles. The molecule has 0 atom stereocenters. The van der Waals surface area contributed by atoms with Gasteiger partial charge in [-0.25, -0.2) is 4.52 Å². The van der Waals surface area contributed by atoms with E-state index in [1.165, 1.54) is 17.6 Å². The van der Waals surface area contributed by atoms with E-state index in [1.807, 2.05) is 0 Å². The Morgan fingerprint density at radius 1 is 1.29 bits per heavy atom. The number of aryl methyl sites for hydroxylation is 1. The highest BCUT2D eigenvalue weighted by atomic mass is 19.4. The Hall–Kier alpha value is -1.52. The van der Waals surface area contributed by atoms with Crippen molar-refractivity contribution < 1.29 is 13.2 Å². The Balaban J connectivity index is 2.75. The van der Waals surface area contributed by atoms with E-state index in [-0.39, 0.29) is 5.56 Å². The van der Waals surface area contributed by atoms with Crippen molar-refractivity contribution in [2.45, 2.75) is 13.1 Å². The molecule has 0 saturated heterocycles. The molecule has 0 amide bonds. The molecular formula is C9H7F3N2. The van der Waals surface area contributed by atoms with E-state index in [0.717, 1.165) is 0 Å². The average Bonchev–Trinajstić information content (AvgIpc) is 2.44. The summed E-state index contributed by atoms with van der Waals surface area (Å²) in [5.74, 6) is 0. The highest BCUT2D eigenvalue weighted by molar-refractivity contribution is 5.56. The lowest BCUT2D eigenvalue weighted by Gasteiger charge is -2.01. The number of halogens is 3. The van der Waals surface area contributed by atoms with Crippen molar-refractivity contribution in [3.05, 3.63) is 35.7 Å². The predicted molar refractivity (Wildman–Crippen MR) is 44.9 cm³/mol. The van der Waals surface area contributed by atoms with Gasteiger partial charge in [0.1, 0.15) is 0 Å². The summed E-state index contributed by atoms with van der Waals surface area (Å²) in [5.41, 5.74) is -0.165. The van der Waals surface area contributed by atoms with Crippen molar-refractivity contribution in [3.63, 3.8) is 0 Å². The number of nitrogens with zero attached hydrogens (tertiary/aromatic N) is 2. The summed E-state index contributed by atoms with van der Waals surface area (Å²) in [5, 5.41) is 3.48. The zero-order valence-electron chi connectivity index (χ0n) is 7.34. The van der Waals surface area contributed by atoms with Crippen LogP contribution < -0.4 is 0 Å². The SMILES string of the molecule is Cc1c(C(F)(F)F)nn2ccccc12. The van der Waals surface area contributed by atoms with Crippen molar-refractivity contribution in [2.75, 3.05) is 0 Å². The molecule has 14 heavy (non-hydrogen) atoms. The first-order chi connectivity index (χ1) is 6.50. The van der Waals surface area contributed by atoms with Gasteiger partial charge in [-0.1, -0.05) is 6.07 Å². The summed E-state index contributed by atoms with van der Waals surface area (Å²) < 4.78 is 38.5. The fraction of sp³-hybridized carbons (Fsp3) is 0.222. The Labute approximate surface area is 78.0 Å². The Bertz CT molecular complexity index is 470. The van der Waals surface area contributed by atoms with Gasteiger partial charge in [-0.15, -0.1) is 0 Å². The monoisotopic (exact) mass is 200 g/mol. The van der Waals surface area contributed by atoms with E-state index >= 15 is 0 Å². The minimum atomic E-state index is -4.38. The second kappa shape index (κ2) is 2.73.